The molecule has 1 aromatic carbocycles. The second-order valence-electron chi connectivity index (χ2n) is 11.6. The van der Waals surface area contributed by atoms with Crippen LogP contribution in [0.5, 0.6) is 0 Å². The van der Waals surface area contributed by atoms with Gasteiger partial charge < -0.3 is 21.9 Å². The van der Waals surface area contributed by atoms with Gasteiger partial charge in [0.15, 0.2) is 5.69 Å². The summed E-state index contributed by atoms with van der Waals surface area (Å²) in [5.41, 5.74) is 11.2. The maximum atomic E-state index is 13.9. The summed E-state index contributed by atoms with van der Waals surface area (Å²) in [5.74, 6) is -1.87. The lowest BCUT2D eigenvalue weighted by atomic mass is 9.76. The zero-order valence-electron chi connectivity index (χ0n) is 20.9. The molecule has 8 nitrogen and oxygen atoms in total. The number of aliphatic carboxylic acids is 1. The Hall–Kier alpha value is -3.08. The Bertz CT molecular complexity index is 1270. The van der Waals surface area contributed by atoms with Gasteiger partial charge in [0.1, 0.15) is 5.54 Å². The monoisotopic (exact) mass is 519 g/mol. The Balaban J connectivity index is 1.52. The highest BCUT2D eigenvalue weighted by atomic mass is 19.4. The molecule has 0 saturated heterocycles. The molecule has 1 amide bonds. The molecule has 200 valence electrons. The Labute approximate surface area is 212 Å². The van der Waals surface area contributed by atoms with Crippen molar-refractivity contribution in [3.05, 3.63) is 40.7 Å². The third-order valence-electron chi connectivity index (χ3n) is 8.45. The van der Waals surface area contributed by atoms with Crippen molar-refractivity contribution >= 4 is 17.6 Å². The summed E-state index contributed by atoms with van der Waals surface area (Å²) in [4.78, 5) is 23.8. The van der Waals surface area contributed by atoms with Crippen LogP contribution in [0, 0.1) is 17.3 Å². The van der Waals surface area contributed by atoms with Crippen molar-refractivity contribution < 1.29 is 27.9 Å². The summed E-state index contributed by atoms with van der Waals surface area (Å²) in [5, 5.41) is 16.9. The number of aromatic nitrogens is 2. The first kappa shape index (κ1) is 25.6. The third-order valence-corrected chi connectivity index (χ3v) is 8.45. The van der Waals surface area contributed by atoms with E-state index in [9.17, 15) is 27.9 Å². The first-order valence-corrected chi connectivity index (χ1v) is 12.6. The minimum atomic E-state index is -4.58. The fourth-order valence-corrected chi connectivity index (χ4v) is 6.31. The molecule has 4 atom stereocenters. The molecule has 1 heterocycles. The number of hydrogen-bond donors (Lipinski definition) is 4. The van der Waals surface area contributed by atoms with Crippen LogP contribution in [0.4, 0.5) is 18.9 Å². The number of benzene rings is 1. The second kappa shape index (κ2) is 8.47. The van der Waals surface area contributed by atoms with E-state index < -0.39 is 29.3 Å². The van der Waals surface area contributed by atoms with Gasteiger partial charge >= 0.3 is 12.1 Å². The number of halogens is 3. The average molecular weight is 520 g/mol. The van der Waals surface area contributed by atoms with E-state index in [1.165, 1.54) is 10.7 Å². The van der Waals surface area contributed by atoms with E-state index in [0.29, 0.717) is 36.3 Å². The number of carbonyl (C=O) groups is 2. The number of carboxylic acid groups (broad SMARTS) is 1. The molecule has 37 heavy (non-hydrogen) atoms. The van der Waals surface area contributed by atoms with Crippen molar-refractivity contribution in [1.29, 1.82) is 0 Å². The molecule has 0 radical (unpaired) electrons. The lowest BCUT2D eigenvalue weighted by Gasteiger charge is -2.30. The van der Waals surface area contributed by atoms with E-state index in [0.717, 1.165) is 19.3 Å². The second-order valence-corrected chi connectivity index (χ2v) is 11.6. The van der Waals surface area contributed by atoms with Crippen LogP contribution in [-0.4, -0.2) is 38.3 Å². The van der Waals surface area contributed by atoms with E-state index in [1.54, 1.807) is 12.1 Å². The molecule has 0 bridgehead atoms. The van der Waals surface area contributed by atoms with Crippen LogP contribution in [0.3, 0.4) is 0 Å². The molecular formula is C26H32F3N5O3. The molecule has 6 N–H and O–H groups in total. The van der Waals surface area contributed by atoms with Crippen LogP contribution in [0.15, 0.2) is 18.2 Å². The average Bonchev–Trinajstić information content (AvgIpc) is 3.12. The smallest absolute Gasteiger partial charge is 0.435 e. The number of nitrogens with one attached hydrogen (secondary N) is 1. The molecule has 2 saturated carbocycles. The summed E-state index contributed by atoms with van der Waals surface area (Å²) >= 11 is 0. The number of rotatable bonds is 6. The van der Waals surface area contributed by atoms with Gasteiger partial charge in [0.2, 0.25) is 0 Å². The molecule has 2 unspecified atom stereocenters. The van der Waals surface area contributed by atoms with Crippen molar-refractivity contribution in [3.63, 3.8) is 0 Å². The number of nitrogens with two attached hydrogens (primary N) is 2. The number of carboxylic acids is 1. The van der Waals surface area contributed by atoms with Gasteiger partial charge in [0.05, 0.1) is 11.3 Å². The van der Waals surface area contributed by atoms with Gasteiger partial charge in [0.25, 0.3) is 5.91 Å². The molecule has 3 aliphatic carbocycles. The Morgan fingerprint density at radius 2 is 1.97 bits per heavy atom. The highest BCUT2D eigenvalue weighted by Crippen LogP contribution is 2.52. The summed E-state index contributed by atoms with van der Waals surface area (Å²) in [6.07, 6.45) is -0.403. The van der Waals surface area contributed by atoms with Gasteiger partial charge in [-0.05, 0) is 74.0 Å². The van der Waals surface area contributed by atoms with Crippen LogP contribution in [-0.2, 0) is 23.8 Å². The molecule has 11 heteroatoms. The maximum Gasteiger partial charge on any atom is 0.435 e. The summed E-state index contributed by atoms with van der Waals surface area (Å²) < 4.78 is 42.9. The van der Waals surface area contributed by atoms with Gasteiger partial charge in [-0.15, -0.1) is 0 Å². The van der Waals surface area contributed by atoms with E-state index in [2.05, 4.69) is 10.4 Å². The van der Waals surface area contributed by atoms with Crippen molar-refractivity contribution in [2.45, 2.75) is 76.6 Å². The highest BCUT2D eigenvalue weighted by molar-refractivity contribution is 5.99. The molecule has 2 fully saturated rings. The normalized spacial score (nSPS) is 28.5. The lowest BCUT2D eigenvalue weighted by Crippen LogP contribution is -2.39. The van der Waals surface area contributed by atoms with Gasteiger partial charge in [-0.25, -0.2) is 4.68 Å². The number of primary amides is 1. The number of carbonyl (C=O) groups excluding carboxylic acids is 1. The SMILES string of the molecule is CC1(C)CCc2c(C(F)(F)F)nn(-c3ccc(C(N)=O)c(NC4CCCC4[C@@H]4C[C@@]4(N)C(=O)O)c3)c2C1. The van der Waals surface area contributed by atoms with Crippen LogP contribution in [0.1, 0.15) is 73.3 Å². The number of fused-ring (bicyclic) bond motifs is 1. The van der Waals surface area contributed by atoms with Gasteiger partial charge in [-0.1, -0.05) is 20.3 Å². The summed E-state index contributed by atoms with van der Waals surface area (Å²) in [7, 11) is 0. The van der Waals surface area contributed by atoms with Crippen LogP contribution < -0.4 is 16.8 Å². The van der Waals surface area contributed by atoms with Crippen molar-refractivity contribution in [2.24, 2.45) is 28.7 Å². The number of nitrogens with zero attached hydrogens (tertiary/aromatic N) is 2. The number of amides is 1. The molecule has 3 aliphatic rings. The molecule has 5 rings (SSSR count). The quantitative estimate of drug-likeness (QED) is 0.457. The van der Waals surface area contributed by atoms with Crippen LogP contribution in [0.25, 0.3) is 5.69 Å². The number of anilines is 1. The Morgan fingerprint density at radius 3 is 2.59 bits per heavy atom. The molecule has 0 spiro atoms. The van der Waals surface area contributed by atoms with Crippen LogP contribution in [0.2, 0.25) is 0 Å². The van der Waals surface area contributed by atoms with Gasteiger partial charge in [-0.3, -0.25) is 9.59 Å². The fraction of sp³-hybridized carbons (Fsp3) is 0.577. The van der Waals surface area contributed by atoms with E-state index >= 15 is 0 Å². The van der Waals surface area contributed by atoms with E-state index in [1.807, 2.05) is 13.8 Å². The van der Waals surface area contributed by atoms with Gasteiger partial charge in [-0.2, -0.15) is 18.3 Å². The zero-order chi connectivity index (χ0) is 26.9. The van der Waals surface area contributed by atoms with Crippen LogP contribution >= 0.6 is 0 Å². The zero-order valence-corrected chi connectivity index (χ0v) is 20.9. The first-order chi connectivity index (χ1) is 17.2. The lowest BCUT2D eigenvalue weighted by molar-refractivity contribution is -0.142. The fourth-order valence-electron chi connectivity index (χ4n) is 6.31. The molecule has 1 aromatic heterocycles. The van der Waals surface area contributed by atoms with E-state index in [-0.39, 0.29) is 40.8 Å². The van der Waals surface area contributed by atoms with E-state index in [4.69, 9.17) is 11.5 Å². The molecular weight excluding hydrogens is 487 g/mol. The Morgan fingerprint density at radius 1 is 1.24 bits per heavy atom. The summed E-state index contributed by atoms with van der Waals surface area (Å²) in [6.45, 7) is 4.05. The van der Waals surface area contributed by atoms with Gasteiger partial charge in [0, 0.05) is 23.0 Å². The highest BCUT2D eigenvalue weighted by Gasteiger charge is 2.62. The predicted octanol–water partition coefficient (Wildman–Crippen LogP) is 3.89. The minimum Gasteiger partial charge on any atom is -0.480 e. The maximum absolute atomic E-state index is 13.9. The first-order valence-electron chi connectivity index (χ1n) is 12.6. The van der Waals surface area contributed by atoms with Crippen molar-refractivity contribution in [3.8, 4) is 5.69 Å². The molecule has 2 aromatic rings. The Kier molecular flexibility index (Phi) is 5.85. The third kappa shape index (κ3) is 4.47. The standard InChI is InChI=1S/C26H32F3N5O3/c1-24(2)9-8-16-20(12-24)34(33-21(16)26(27,28)29)13-6-7-15(22(30)35)19(10-13)32-18-5-3-4-14(18)17-11-25(17,31)23(36)37/h6-7,10,14,17-18,32H,3-5,8-9,11-12,31H2,1-2H3,(H2,30,35)(H,36,37)/t14?,17-,18?,25-/m0/s1. The molecule has 0 aliphatic heterocycles. The minimum absolute atomic E-state index is 0.000534. The predicted molar refractivity (Wildman–Crippen MR) is 130 cm³/mol. The number of hydrogen-bond acceptors (Lipinski definition) is 5. The largest absolute Gasteiger partial charge is 0.480 e. The van der Waals surface area contributed by atoms with Crippen molar-refractivity contribution in [2.75, 3.05) is 5.32 Å². The topological polar surface area (TPSA) is 136 Å². The summed E-state index contributed by atoms with van der Waals surface area (Å²) in [6, 6.07) is 4.53. The number of alkyl halides is 3. The van der Waals surface area contributed by atoms with Crippen molar-refractivity contribution in [1.82, 2.24) is 9.78 Å².